The fourth-order valence-electron chi connectivity index (χ4n) is 2.44. The summed E-state index contributed by atoms with van der Waals surface area (Å²) in [5.41, 5.74) is 5.26. The summed E-state index contributed by atoms with van der Waals surface area (Å²) < 4.78 is 0. The van der Waals surface area contributed by atoms with Gasteiger partial charge in [-0.2, -0.15) is 0 Å². The Kier molecular flexibility index (Phi) is 8.59. The number of hydrogen-bond donors (Lipinski definition) is 1. The smallest absolute Gasteiger partial charge is 0.0915 e. The molecule has 7 heteroatoms. The molecule has 0 amide bonds. The molecule has 150 valence electrons. The summed E-state index contributed by atoms with van der Waals surface area (Å²) in [7, 11) is 1.79. The summed E-state index contributed by atoms with van der Waals surface area (Å²) in [5.74, 6) is 5.87. The first kappa shape index (κ1) is 22.3. The van der Waals surface area contributed by atoms with Crippen LogP contribution in [0.1, 0.15) is 5.56 Å². The molecule has 0 saturated heterocycles. The summed E-state index contributed by atoms with van der Waals surface area (Å²) >= 11 is 0. The number of hydrogen-bond acceptors (Lipinski definition) is 6. The molecule has 0 radical (unpaired) electrons. The van der Waals surface area contributed by atoms with E-state index in [9.17, 15) is 0 Å². The molecule has 6 nitrogen and oxygen atoms in total. The Morgan fingerprint density at radius 2 is 1.24 bits per heavy atom. The molecule has 0 aliphatic heterocycles. The Morgan fingerprint density at radius 1 is 0.724 bits per heavy atom. The van der Waals surface area contributed by atoms with Crippen LogP contribution in [-0.4, -0.2) is 27.0 Å². The number of hydrazine groups is 1. The summed E-state index contributed by atoms with van der Waals surface area (Å²) in [4.78, 5) is 17.2. The molecule has 0 aliphatic rings. The van der Waals surface area contributed by atoms with Crippen molar-refractivity contribution in [3.63, 3.8) is 0 Å². The third-order valence-electron chi connectivity index (χ3n) is 3.92. The number of aryl methyl sites for hydroxylation is 1. The monoisotopic (exact) mass is 565 g/mol. The molecule has 0 saturated carbocycles. The van der Waals surface area contributed by atoms with Crippen LogP contribution in [0.2, 0.25) is 0 Å². The molecule has 0 unspecified atom stereocenters. The zero-order chi connectivity index (χ0) is 19.8. The van der Waals surface area contributed by atoms with Gasteiger partial charge in [0.15, 0.2) is 0 Å². The molecule has 0 fully saturated rings. The van der Waals surface area contributed by atoms with Gasteiger partial charge in [0.1, 0.15) is 0 Å². The first-order valence-electron chi connectivity index (χ1n) is 8.83. The molecule has 29 heavy (non-hydrogen) atoms. The second-order valence-electron chi connectivity index (χ2n) is 6.16. The van der Waals surface area contributed by atoms with Gasteiger partial charge < -0.3 is 5.01 Å². The normalized spacial score (nSPS) is 9.62. The fraction of sp³-hybridized carbons (Fsp3) is 0.0909. The summed E-state index contributed by atoms with van der Waals surface area (Å²) in [6, 6.07) is 19.2. The molecule has 4 aromatic rings. The number of rotatable bonds is 3. The molecular formula is C22H22N6Pt. The van der Waals surface area contributed by atoms with E-state index >= 15 is 0 Å². The van der Waals surface area contributed by atoms with Crippen LogP contribution in [0.15, 0.2) is 85.5 Å². The third-order valence-corrected chi connectivity index (χ3v) is 3.92. The zero-order valence-electron chi connectivity index (χ0n) is 16.2. The van der Waals surface area contributed by atoms with Crippen LogP contribution in [0.4, 0.5) is 5.69 Å². The van der Waals surface area contributed by atoms with Crippen molar-refractivity contribution < 1.29 is 21.1 Å². The van der Waals surface area contributed by atoms with Gasteiger partial charge in [0.25, 0.3) is 0 Å². The van der Waals surface area contributed by atoms with Gasteiger partial charge >= 0.3 is 0 Å². The molecular weight excluding hydrogens is 543 g/mol. The maximum atomic E-state index is 5.87. The number of nitrogens with two attached hydrogens (primary N) is 1. The van der Waals surface area contributed by atoms with Crippen molar-refractivity contribution in [2.75, 3.05) is 12.1 Å². The molecule has 0 aromatic carbocycles. The first-order valence-corrected chi connectivity index (χ1v) is 8.83. The topological polar surface area (TPSA) is 80.8 Å². The number of anilines is 1. The van der Waals surface area contributed by atoms with Gasteiger partial charge in [0.05, 0.1) is 28.5 Å². The van der Waals surface area contributed by atoms with Gasteiger partial charge in [-0.05, 0) is 61.0 Å². The van der Waals surface area contributed by atoms with E-state index in [1.54, 1.807) is 36.8 Å². The second-order valence-corrected chi connectivity index (χ2v) is 6.16. The molecule has 0 atom stereocenters. The van der Waals surface area contributed by atoms with Crippen molar-refractivity contribution in [3.8, 4) is 22.8 Å². The van der Waals surface area contributed by atoms with E-state index in [1.165, 1.54) is 5.56 Å². The maximum Gasteiger partial charge on any atom is 0.0915 e. The van der Waals surface area contributed by atoms with Gasteiger partial charge in [-0.25, -0.2) is 10.8 Å². The van der Waals surface area contributed by atoms with E-state index in [0.29, 0.717) is 0 Å². The largest absolute Gasteiger partial charge is 0.314 e. The van der Waals surface area contributed by atoms with Gasteiger partial charge in [0, 0.05) is 52.9 Å². The number of aromatic nitrogens is 4. The SMILES string of the molecule is CN(N)c1cc(-c2ccccn2)nc(-c2ccccn2)c1.Cc1ccncc1.[Pt]. The van der Waals surface area contributed by atoms with Crippen molar-refractivity contribution in [3.05, 3.63) is 91.0 Å². The average molecular weight is 566 g/mol. The molecule has 2 N–H and O–H groups in total. The van der Waals surface area contributed by atoms with E-state index in [0.717, 1.165) is 28.5 Å². The van der Waals surface area contributed by atoms with Crippen LogP contribution in [0.3, 0.4) is 0 Å². The summed E-state index contributed by atoms with van der Waals surface area (Å²) in [5, 5.41) is 1.56. The molecule has 4 heterocycles. The maximum absolute atomic E-state index is 5.87. The van der Waals surface area contributed by atoms with Crippen molar-refractivity contribution in [2.24, 2.45) is 5.84 Å². The van der Waals surface area contributed by atoms with Crippen molar-refractivity contribution in [1.82, 2.24) is 19.9 Å². The van der Waals surface area contributed by atoms with E-state index in [1.807, 2.05) is 67.6 Å². The van der Waals surface area contributed by atoms with Crippen LogP contribution in [0, 0.1) is 6.92 Å². The van der Waals surface area contributed by atoms with Crippen molar-refractivity contribution in [1.29, 1.82) is 0 Å². The standard InChI is InChI=1S/C16H15N5.C6H7N.Pt/c1-21(17)12-10-15(13-6-2-4-8-18-13)20-16(11-12)14-7-3-5-9-19-14;1-6-2-4-7-5-3-6;/h2-11H,17H2,1H3;2-5H,1H3;. The molecule has 0 aliphatic carbocycles. The second kappa shape index (κ2) is 11.1. The molecule has 4 aromatic heterocycles. The average Bonchev–Trinajstić information content (AvgIpc) is 2.76. The van der Waals surface area contributed by atoms with Crippen LogP contribution in [-0.2, 0) is 21.1 Å². The fourth-order valence-corrected chi connectivity index (χ4v) is 2.44. The zero-order valence-corrected chi connectivity index (χ0v) is 18.5. The van der Waals surface area contributed by atoms with Gasteiger partial charge in [0.2, 0.25) is 0 Å². The third kappa shape index (κ3) is 6.56. The van der Waals surface area contributed by atoms with Gasteiger partial charge in [-0.1, -0.05) is 12.1 Å². The Hall–Kier alpha value is -2.95. The van der Waals surface area contributed by atoms with Crippen molar-refractivity contribution >= 4 is 5.69 Å². The van der Waals surface area contributed by atoms with Crippen LogP contribution < -0.4 is 10.9 Å². The Labute approximate surface area is 185 Å². The van der Waals surface area contributed by atoms with E-state index < -0.39 is 0 Å². The van der Waals surface area contributed by atoms with Crippen LogP contribution in [0.25, 0.3) is 22.8 Å². The molecule has 0 bridgehead atoms. The summed E-state index contributed by atoms with van der Waals surface area (Å²) in [6.45, 7) is 2.04. The minimum atomic E-state index is 0. The first-order chi connectivity index (χ1) is 13.6. The van der Waals surface area contributed by atoms with Gasteiger partial charge in [-0.15, -0.1) is 0 Å². The molecule has 4 rings (SSSR count). The Balaban J connectivity index is 0.000000319. The predicted molar refractivity (Wildman–Crippen MR) is 112 cm³/mol. The Morgan fingerprint density at radius 3 is 1.59 bits per heavy atom. The minimum Gasteiger partial charge on any atom is -0.314 e. The Bertz CT molecular complexity index is 938. The number of nitrogens with zero attached hydrogens (tertiary/aromatic N) is 5. The minimum absolute atomic E-state index is 0. The summed E-state index contributed by atoms with van der Waals surface area (Å²) in [6.07, 6.45) is 7.07. The van der Waals surface area contributed by atoms with E-state index in [-0.39, 0.29) is 21.1 Å². The van der Waals surface area contributed by atoms with Crippen LogP contribution >= 0.6 is 0 Å². The van der Waals surface area contributed by atoms with Crippen LogP contribution in [0.5, 0.6) is 0 Å². The quantitative estimate of drug-likeness (QED) is 0.300. The van der Waals surface area contributed by atoms with E-state index in [2.05, 4.69) is 19.9 Å². The molecule has 0 spiro atoms. The van der Waals surface area contributed by atoms with E-state index in [4.69, 9.17) is 5.84 Å². The number of pyridine rings is 4. The van der Waals surface area contributed by atoms with Crippen molar-refractivity contribution in [2.45, 2.75) is 6.92 Å². The van der Waals surface area contributed by atoms with Gasteiger partial charge in [-0.3, -0.25) is 15.0 Å². The predicted octanol–water partition coefficient (Wildman–Crippen LogP) is 3.90.